The van der Waals surface area contributed by atoms with Gasteiger partial charge >= 0.3 is 0 Å². The van der Waals surface area contributed by atoms with Crippen LogP contribution in [0, 0.1) is 0 Å². The van der Waals surface area contributed by atoms with Crippen LogP contribution in [-0.4, -0.2) is 12.5 Å². The van der Waals surface area contributed by atoms with Gasteiger partial charge in [0.25, 0.3) is 0 Å². The van der Waals surface area contributed by atoms with E-state index in [0.717, 1.165) is 0 Å². The van der Waals surface area contributed by atoms with Crippen LogP contribution in [0.3, 0.4) is 0 Å². The van der Waals surface area contributed by atoms with Crippen LogP contribution < -0.4 is 5.32 Å². The Kier molecular flexibility index (Phi) is 4.71. The minimum Gasteiger partial charge on any atom is -0.355 e. The zero-order valence-corrected chi connectivity index (χ0v) is 10.3. The second-order valence-electron chi connectivity index (χ2n) is 2.92. The zero-order valence-electron chi connectivity index (χ0n) is 8.06. The normalized spacial score (nSPS) is 12.3. The third-order valence-electron chi connectivity index (χ3n) is 1.81. The molecule has 2 nitrogen and oxygen atoms in total. The fourth-order valence-electron chi connectivity index (χ4n) is 1.11. The monoisotopic (exact) mass is 265 g/mol. The molecule has 0 saturated heterocycles. The first-order valence-electron chi connectivity index (χ1n) is 4.43. The quantitative estimate of drug-likeness (QED) is 0.835. The molecule has 1 unspecified atom stereocenters. The minimum absolute atomic E-state index is 0.275. The molecule has 0 aliphatic rings. The van der Waals surface area contributed by atoms with E-state index in [4.69, 9.17) is 34.8 Å². The third-order valence-corrected chi connectivity index (χ3v) is 2.82. The summed E-state index contributed by atoms with van der Waals surface area (Å²) in [5, 5.41) is 2.75. The Balaban J connectivity index is 2.94. The van der Waals surface area contributed by atoms with E-state index < -0.39 is 5.38 Å². The van der Waals surface area contributed by atoms with Crippen LogP contribution in [0.15, 0.2) is 18.2 Å². The maximum absolute atomic E-state index is 11.5. The summed E-state index contributed by atoms with van der Waals surface area (Å²) in [6.07, 6.45) is 0. The van der Waals surface area contributed by atoms with Crippen molar-refractivity contribution >= 4 is 40.7 Å². The lowest BCUT2D eigenvalue weighted by atomic mass is 10.1. The summed E-state index contributed by atoms with van der Waals surface area (Å²) >= 11 is 17.7. The van der Waals surface area contributed by atoms with Crippen LogP contribution in [0.2, 0.25) is 10.0 Å². The van der Waals surface area contributed by atoms with E-state index in [1.54, 1.807) is 18.2 Å². The highest BCUT2D eigenvalue weighted by Crippen LogP contribution is 2.30. The average Bonchev–Trinajstić information content (AvgIpc) is 2.21. The van der Waals surface area contributed by atoms with Gasteiger partial charge in [-0.15, -0.1) is 11.6 Å². The van der Waals surface area contributed by atoms with Crippen LogP contribution in [0.1, 0.15) is 17.9 Å². The van der Waals surface area contributed by atoms with E-state index in [2.05, 4.69) is 5.32 Å². The van der Waals surface area contributed by atoms with Crippen molar-refractivity contribution in [3.63, 3.8) is 0 Å². The van der Waals surface area contributed by atoms with Gasteiger partial charge in [0.15, 0.2) is 0 Å². The highest BCUT2D eigenvalue weighted by Gasteiger charge is 2.19. The number of hydrogen-bond donors (Lipinski definition) is 1. The summed E-state index contributed by atoms with van der Waals surface area (Å²) < 4.78 is 0. The van der Waals surface area contributed by atoms with Crippen LogP contribution in [0.5, 0.6) is 0 Å². The number of nitrogens with one attached hydrogen (secondary N) is 1. The molecule has 0 spiro atoms. The molecule has 0 radical (unpaired) electrons. The molecule has 0 heterocycles. The number of alkyl halides is 1. The van der Waals surface area contributed by atoms with Crippen molar-refractivity contribution in [2.75, 3.05) is 6.54 Å². The SMILES string of the molecule is CCNC(=O)C(Cl)c1cc(Cl)ccc1Cl. The molecule has 1 atom stereocenters. The fraction of sp³-hybridized carbons (Fsp3) is 0.300. The Morgan fingerprint density at radius 3 is 2.73 bits per heavy atom. The number of carbonyl (C=O) groups excluding carboxylic acids is 1. The minimum atomic E-state index is -0.809. The molecular weight excluding hydrogens is 256 g/mol. The summed E-state index contributed by atoms with van der Waals surface area (Å²) in [5.74, 6) is -0.275. The summed E-state index contributed by atoms with van der Waals surface area (Å²) in [4.78, 5) is 11.5. The van der Waals surface area contributed by atoms with Gasteiger partial charge in [-0.25, -0.2) is 0 Å². The van der Waals surface area contributed by atoms with Crippen LogP contribution in [-0.2, 0) is 4.79 Å². The number of likely N-dealkylation sites (N-methyl/N-ethyl adjacent to an activating group) is 1. The van der Waals surface area contributed by atoms with Gasteiger partial charge in [-0.05, 0) is 30.7 Å². The van der Waals surface area contributed by atoms with Crippen LogP contribution >= 0.6 is 34.8 Å². The molecule has 5 heteroatoms. The molecule has 0 aliphatic carbocycles. The molecule has 0 bridgehead atoms. The van der Waals surface area contributed by atoms with Crippen molar-refractivity contribution < 1.29 is 4.79 Å². The Bertz CT molecular complexity index is 368. The molecule has 82 valence electrons. The van der Waals surface area contributed by atoms with Crippen LogP contribution in [0.25, 0.3) is 0 Å². The number of hydrogen-bond acceptors (Lipinski definition) is 1. The van der Waals surface area contributed by atoms with Crippen LogP contribution in [0.4, 0.5) is 0 Å². The molecule has 0 fully saturated rings. The molecule has 1 rings (SSSR count). The van der Waals surface area contributed by atoms with E-state index in [0.29, 0.717) is 22.2 Å². The van der Waals surface area contributed by atoms with E-state index in [1.807, 2.05) is 6.92 Å². The van der Waals surface area contributed by atoms with Crippen molar-refractivity contribution in [1.82, 2.24) is 5.32 Å². The topological polar surface area (TPSA) is 29.1 Å². The predicted octanol–water partition coefficient (Wildman–Crippen LogP) is 3.41. The fourth-order valence-corrected chi connectivity index (χ4v) is 1.83. The summed E-state index contributed by atoms with van der Waals surface area (Å²) in [6.45, 7) is 2.35. The average molecular weight is 267 g/mol. The molecule has 1 amide bonds. The van der Waals surface area contributed by atoms with Gasteiger partial charge in [-0.2, -0.15) is 0 Å². The van der Waals surface area contributed by atoms with E-state index >= 15 is 0 Å². The maximum Gasteiger partial charge on any atom is 0.242 e. The third kappa shape index (κ3) is 3.26. The Hall–Kier alpha value is -0.440. The van der Waals surface area contributed by atoms with Gasteiger partial charge in [0, 0.05) is 16.6 Å². The predicted molar refractivity (Wildman–Crippen MR) is 63.7 cm³/mol. The first kappa shape index (κ1) is 12.6. The van der Waals surface area contributed by atoms with Gasteiger partial charge in [0.2, 0.25) is 5.91 Å². The van der Waals surface area contributed by atoms with Crippen molar-refractivity contribution in [1.29, 1.82) is 0 Å². The van der Waals surface area contributed by atoms with E-state index in [1.165, 1.54) is 0 Å². The van der Waals surface area contributed by atoms with Crippen molar-refractivity contribution in [2.45, 2.75) is 12.3 Å². The number of halogens is 3. The van der Waals surface area contributed by atoms with Crippen molar-refractivity contribution in [2.24, 2.45) is 0 Å². The first-order valence-corrected chi connectivity index (χ1v) is 5.62. The lowest BCUT2D eigenvalue weighted by Crippen LogP contribution is -2.26. The Labute approximate surface area is 104 Å². The van der Waals surface area contributed by atoms with Gasteiger partial charge in [-0.1, -0.05) is 23.2 Å². The maximum atomic E-state index is 11.5. The highest BCUT2D eigenvalue weighted by molar-refractivity contribution is 6.37. The summed E-state index contributed by atoms with van der Waals surface area (Å²) in [7, 11) is 0. The Morgan fingerprint density at radius 2 is 2.13 bits per heavy atom. The number of benzene rings is 1. The zero-order chi connectivity index (χ0) is 11.4. The molecule has 1 aromatic rings. The van der Waals surface area contributed by atoms with E-state index in [9.17, 15) is 4.79 Å². The number of rotatable bonds is 3. The summed E-state index contributed by atoms with van der Waals surface area (Å²) in [6, 6.07) is 4.86. The largest absolute Gasteiger partial charge is 0.355 e. The molecule has 0 saturated carbocycles. The highest BCUT2D eigenvalue weighted by atomic mass is 35.5. The number of carbonyl (C=O) groups is 1. The molecule has 0 aliphatic heterocycles. The van der Waals surface area contributed by atoms with Gasteiger partial charge in [0.05, 0.1) is 0 Å². The molecule has 1 N–H and O–H groups in total. The number of amides is 1. The van der Waals surface area contributed by atoms with E-state index in [-0.39, 0.29) is 5.91 Å². The smallest absolute Gasteiger partial charge is 0.242 e. The second kappa shape index (κ2) is 5.59. The summed E-state index contributed by atoms with van der Waals surface area (Å²) in [5.41, 5.74) is 0.525. The standard InChI is InChI=1S/C10H10Cl3NO/c1-2-14-10(15)9(13)7-5-6(11)3-4-8(7)12/h3-5,9H,2H2,1H3,(H,14,15). The molecular formula is C10H10Cl3NO. The van der Waals surface area contributed by atoms with Gasteiger partial charge in [-0.3, -0.25) is 4.79 Å². The lowest BCUT2D eigenvalue weighted by Gasteiger charge is -2.11. The molecule has 1 aromatic carbocycles. The lowest BCUT2D eigenvalue weighted by molar-refractivity contribution is -0.120. The second-order valence-corrected chi connectivity index (χ2v) is 4.20. The van der Waals surface area contributed by atoms with Gasteiger partial charge < -0.3 is 5.32 Å². The molecule has 15 heavy (non-hydrogen) atoms. The molecule has 0 aromatic heterocycles. The van der Waals surface area contributed by atoms with Crippen molar-refractivity contribution in [3.8, 4) is 0 Å². The first-order chi connectivity index (χ1) is 7.06. The van der Waals surface area contributed by atoms with Gasteiger partial charge in [0.1, 0.15) is 5.38 Å². The Morgan fingerprint density at radius 1 is 1.47 bits per heavy atom. The van der Waals surface area contributed by atoms with Crippen molar-refractivity contribution in [3.05, 3.63) is 33.8 Å².